The number of halogens is 3. The number of rotatable bonds is 5. The first kappa shape index (κ1) is 21.2. The Morgan fingerprint density at radius 1 is 1.07 bits per heavy atom. The molecule has 1 aliphatic rings. The van der Waals surface area contributed by atoms with E-state index in [2.05, 4.69) is 5.32 Å². The van der Waals surface area contributed by atoms with E-state index in [1.807, 2.05) is 18.2 Å². The van der Waals surface area contributed by atoms with Crippen LogP contribution in [0.25, 0.3) is 5.57 Å². The number of primary amides is 1. The zero-order valence-electron chi connectivity index (χ0n) is 15.9. The number of hydrogen-bond acceptors (Lipinski definition) is 3. The van der Waals surface area contributed by atoms with Gasteiger partial charge in [0.15, 0.2) is 6.61 Å². The van der Waals surface area contributed by atoms with E-state index in [1.165, 1.54) is 12.1 Å². The maximum Gasteiger partial charge on any atom is 0.416 e. The Kier molecular flexibility index (Phi) is 6.29. The summed E-state index contributed by atoms with van der Waals surface area (Å²) in [6, 6.07) is 10.9. The third-order valence-electron chi connectivity index (χ3n) is 4.61. The molecule has 0 spiro atoms. The Labute approximate surface area is 171 Å². The molecular formula is C21H20F3N3O3. The minimum absolute atomic E-state index is 0.251. The van der Waals surface area contributed by atoms with Crippen LogP contribution >= 0.6 is 0 Å². The molecule has 0 fully saturated rings. The van der Waals surface area contributed by atoms with Gasteiger partial charge in [-0.05, 0) is 54.0 Å². The second kappa shape index (κ2) is 8.89. The van der Waals surface area contributed by atoms with Crippen molar-refractivity contribution in [3.05, 3.63) is 65.7 Å². The van der Waals surface area contributed by atoms with Gasteiger partial charge in [0.05, 0.1) is 5.56 Å². The van der Waals surface area contributed by atoms with Crippen molar-refractivity contribution in [1.29, 1.82) is 0 Å². The van der Waals surface area contributed by atoms with Crippen LogP contribution in [0.5, 0.6) is 5.75 Å². The number of carbonyl (C=O) groups is 2. The van der Waals surface area contributed by atoms with Crippen molar-refractivity contribution < 1.29 is 27.5 Å². The van der Waals surface area contributed by atoms with Gasteiger partial charge in [-0.3, -0.25) is 4.79 Å². The molecule has 0 bridgehead atoms. The number of nitrogens with one attached hydrogen (secondary N) is 1. The molecule has 9 heteroatoms. The highest BCUT2D eigenvalue weighted by Gasteiger charge is 2.30. The molecule has 0 atom stereocenters. The highest BCUT2D eigenvalue weighted by atomic mass is 19.4. The molecule has 0 unspecified atom stereocenters. The number of amides is 3. The minimum atomic E-state index is -4.42. The Morgan fingerprint density at radius 3 is 2.27 bits per heavy atom. The summed E-state index contributed by atoms with van der Waals surface area (Å²) in [5, 5.41) is 2.48. The molecule has 3 rings (SSSR count). The molecule has 0 aliphatic carbocycles. The number of nitrogens with zero attached hydrogens (tertiary/aromatic N) is 1. The lowest BCUT2D eigenvalue weighted by Crippen LogP contribution is -2.38. The maximum absolute atomic E-state index is 12.6. The van der Waals surface area contributed by atoms with Crippen molar-refractivity contribution >= 4 is 23.2 Å². The normalized spacial score (nSPS) is 14.1. The first-order valence-corrected chi connectivity index (χ1v) is 9.16. The second-order valence-electron chi connectivity index (χ2n) is 6.70. The predicted octanol–water partition coefficient (Wildman–Crippen LogP) is 3.89. The van der Waals surface area contributed by atoms with E-state index in [9.17, 15) is 22.8 Å². The number of carbonyl (C=O) groups excluding carboxylic acids is 2. The summed E-state index contributed by atoms with van der Waals surface area (Å²) >= 11 is 0. The van der Waals surface area contributed by atoms with Crippen LogP contribution in [-0.2, 0) is 11.0 Å². The first-order valence-electron chi connectivity index (χ1n) is 9.16. The largest absolute Gasteiger partial charge is 0.484 e. The topological polar surface area (TPSA) is 84.7 Å². The predicted molar refractivity (Wildman–Crippen MR) is 106 cm³/mol. The molecule has 0 saturated heterocycles. The summed E-state index contributed by atoms with van der Waals surface area (Å²) in [6.45, 7) is 0.743. The zero-order valence-corrected chi connectivity index (χ0v) is 15.9. The van der Waals surface area contributed by atoms with E-state index >= 15 is 0 Å². The molecule has 0 aromatic heterocycles. The van der Waals surface area contributed by atoms with E-state index in [1.54, 1.807) is 17.0 Å². The third kappa shape index (κ3) is 5.53. The van der Waals surface area contributed by atoms with Crippen LogP contribution in [0.1, 0.15) is 17.5 Å². The smallest absolute Gasteiger partial charge is 0.416 e. The minimum Gasteiger partial charge on any atom is -0.484 e. The number of ether oxygens (including phenoxy) is 1. The number of hydrogen-bond donors (Lipinski definition) is 2. The van der Waals surface area contributed by atoms with E-state index in [4.69, 9.17) is 10.5 Å². The van der Waals surface area contributed by atoms with Gasteiger partial charge in [-0.2, -0.15) is 13.2 Å². The third-order valence-corrected chi connectivity index (χ3v) is 4.61. The number of nitrogens with two attached hydrogens (primary N) is 1. The van der Waals surface area contributed by atoms with Crippen LogP contribution in [0.15, 0.2) is 54.6 Å². The lowest BCUT2D eigenvalue weighted by Gasteiger charge is -2.24. The lowest BCUT2D eigenvalue weighted by atomic mass is 9.99. The average Bonchev–Trinajstić information content (AvgIpc) is 2.72. The van der Waals surface area contributed by atoms with Crippen molar-refractivity contribution in [2.75, 3.05) is 25.0 Å². The highest BCUT2D eigenvalue weighted by Crippen LogP contribution is 2.30. The average molecular weight is 419 g/mol. The number of anilines is 1. The molecule has 0 radical (unpaired) electrons. The van der Waals surface area contributed by atoms with Crippen LogP contribution in [0.3, 0.4) is 0 Å². The van der Waals surface area contributed by atoms with Crippen molar-refractivity contribution in [3.8, 4) is 5.75 Å². The maximum atomic E-state index is 12.6. The summed E-state index contributed by atoms with van der Waals surface area (Å²) in [5.74, 6) is -0.00291. The quantitative estimate of drug-likeness (QED) is 0.771. The molecule has 1 aliphatic heterocycles. The molecule has 158 valence electrons. The fraction of sp³-hybridized carbons (Fsp3) is 0.238. The molecule has 3 amide bonds. The Bertz CT molecular complexity index is 939. The van der Waals surface area contributed by atoms with Gasteiger partial charge in [-0.15, -0.1) is 0 Å². The number of benzene rings is 2. The van der Waals surface area contributed by atoms with Crippen LogP contribution in [-0.4, -0.2) is 36.5 Å². The standard InChI is InChI=1S/C21H20F3N3O3/c22-21(23,24)16-3-5-17(6-4-16)26-19(28)13-30-18-7-1-14(2-8-18)15-9-11-27(12-10-15)20(25)29/h1-9H,10-13H2,(H2,25,29)(H,26,28). The Morgan fingerprint density at radius 2 is 1.73 bits per heavy atom. The fourth-order valence-corrected chi connectivity index (χ4v) is 2.99. The van der Waals surface area contributed by atoms with Gasteiger partial charge < -0.3 is 20.7 Å². The van der Waals surface area contributed by atoms with Crippen LogP contribution in [0, 0.1) is 0 Å². The second-order valence-corrected chi connectivity index (χ2v) is 6.70. The van der Waals surface area contributed by atoms with Crippen molar-refractivity contribution in [2.45, 2.75) is 12.6 Å². The lowest BCUT2D eigenvalue weighted by molar-refractivity contribution is -0.137. The summed E-state index contributed by atoms with van der Waals surface area (Å²) < 4.78 is 43.1. The monoisotopic (exact) mass is 419 g/mol. The Hall–Kier alpha value is -3.49. The van der Waals surface area contributed by atoms with E-state index in [-0.39, 0.29) is 12.3 Å². The van der Waals surface area contributed by atoms with Crippen LogP contribution < -0.4 is 15.8 Å². The summed E-state index contributed by atoms with van der Waals surface area (Å²) in [6.07, 6.45) is -1.78. The number of urea groups is 1. The summed E-state index contributed by atoms with van der Waals surface area (Å²) in [4.78, 5) is 24.7. The molecule has 1 heterocycles. The number of alkyl halides is 3. The summed E-state index contributed by atoms with van der Waals surface area (Å²) in [5.41, 5.74) is 6.81. The SMILES string of the molecule is NC(=O)N1CC=C(c2ccc(OCC(=O)Nc3ccc(C(F)(F)F)cc3)cc2)CC1. The highest BCUT2D eigenvalue weighted by molar-refractivity contribution is 5.91. The Balaban J connectivity index is 1.50. The van der Waals surface area contributed by atoms with Crippen molar-refractivity contribution in [2.24, 2.45) is 5.73 Å². The van der Waals surface area contributed by atoms with E-state index < -0.39 is 23.7 Å². The molecule has 0 saturated carbocycles. The zero-order chi connectivity index (χ0) is 21.7. The fourth-order valence-electron chi connectivity index (χ4n) is 2.99. The molecule has 2 aromatic carbocycles. The van der Waals surface area contributed by atoms with E-state index in [0.717, 1.165) is 23.3 Å². The van der Waals surface area contributed by atoms with Gasteiger partial charge >= 0.3 is 12.2 Å². The van der Waals surface area contributed by atoms with Gasteiger partial charge in [-0.1, -0.05) is 18.2 Å². The molecule has 3 N–H and O–H groups in total. The van der Waals surface area contributed by atoms with Crippen molar-refractivity contribution in [1.82, 2.24) is 4.90 Å². The van der Waals surface area contributed by atoms with E-state index in [0.29, 0.717) is 25.3 Å². The first-order chi connectivity index (χ1) is 14.2. The van der Waals surface area contributed by atoms with Gasteiger partial charge in [0, 0.05) is 18.8 Å². The van der Waals surface area contributed by atoms with Crippen LogP contribution in [0.4, 0.5) is 23.7 Å². The summed E-state index contributed by atoms with van der Waals surface area (Å²) in [7, 11) is 0. The molecule has 30 heavy (non-hydrogen) atoms. The molecule has 2 aromatic rings. The van der Waals surface area contributed by atoms with Crippen LogP contribution in [0.2, 0.25) is 0 Å². The van der Waals surface area contributed by atoms with Gasteiger partial charge in [-0.25, -0.2) is 4.79 Å². The van der Waals surface area contributed by atoms with Crippen molar-refractivity contribution in [3.63, 3.8) is 0 Å². The van der Waals surface area contributed by atoms with Gasteiger partial charge in [0.2, 0.25) is 0 Å². The molecular weight excluding hydrogens is 399 g/mol. The molecule has 6 nitrogen and oxygen atoms in total. The van der Waals surface area contributed by atoms with Gasteiger partial charge in [0.1, 0.15) is 5.75 Å². The van der Waals surface area contributed by atoms with Gasteiger partial charge in [0.25, 0.3) is 5.91 Å².